The van der Waals surface area contributed by atoms with Crippen LogP contribution in [0.2, 0.25) is 0 Å². The molecule has 0 atom stereocenters. The van der Waals surface area contributed by atoms with E-state index in [1.807, 2.05) is 18.2 Å². The minimum atomic E-state index is 0.599. The summed E-state index contributed by atoms with van der Waals surface area (Å²) in [5.74, 6) is 0. The van der Waals surface area contributed by atoms with Gasteiger partial charge in [0.1, 0.15) is 0 Å². The molecule has 2 nitrogen and oxygen atoms in total. The number of aryl methyl sites for hydroxylation is 2. The quantitative estimate of drug-likeness (QED) is 0.735. The Labute approximate surface area is 109 Å². The topological polar surface area (TPSA) is 13.1 Å². The van der Waals surface area contributed by atoms with E-state index in [-0.39, 0.29) is 0 Å². The minimum absolute atomic E-state index is 0.599. The van der Waals surface area contributed by atoms with Crippen LogP contribution in [0, 0.1) is 6.92 Å². The summed E-state index contributed by atoms with van der Waals surface area (Å²) in [6.45, 7) is 5.58. The summed E-state index contributed by atoms with van der Waals surface area (Å²) in [4.78, 5) is 0. The molecule has 18 heavy (non-hydrogen) atoms. The number of pyridine rings is 1. The first-order valence-electron chi connectivity index (χ1n) is 6.40. The van der Waals surface area contributed by atoms with E-state index in [0.717, 1.165) is 6.42 Å². The van der Waals surface area contributed by atoms with Crippen LogP contribution in [-0.2, 0) is 24.5 Å². The zero-order valence-electron chi connectivity index (χ0n) is 11.1. The molecule has 0 unspecified atom stereocenters. The summed E-state index contributed by atoms with van der Waals surface area (Å²) in [5.41, 5.74) is 3.93. The van der Waals surface area contributed by atoms with Crippen LogP contribution in [-0.4, -0.2) is 0 Å². The first-order chi connectivity index (χ1) is 8.79. The number of ether oxygens (including phenoxy) is 1. The molecule has 0 radical (unpaired) electrons. The van der Waals surface area contributed by atoms with Crippen LogP contribution in [0.5, 0.6) is 0 Å². The van der Waals surface area contributed by atoms with Gasteiger partial charge in [-0.3, -0.25) is 0 Å². The van der Waals surface area contributed by atoms with Gasteiger partial charge in [0.15, 0.2) is 12.4 Å². The largest absolute Gasteiger partial charge is 0.318 e. The fourth-order valence-electron chi connectivity index (χ4n) is 1.95. The van der Waals surface area contributed by atoms with Crippen molar-refractivity contribution < 1.29 is 9.30 Å². The van der Waals surface area contributed by atoms with E-state index in [1.54, 1.807) is 0 Å². The zero-order valence-corrected chi connectivity index (χ0v) is 11.1. The summed E-state index contributed by atoms with van der Waals surface area (Å²) in [6, 6.07) is 12.4. The number of nitrogens with zero attached hydrogens (tertiary/aromatic N) is 1. The van der Waals surface area contributed by atoms with Gasteiger partial charge in [-0.1, -0.05) is 37.3 Å². The highest BCUT2D eigenvalue weighted by atomic mass is 16.5. The summed E-state index contributed by atoms with van der Waals surface area (Å²) >= 11 is 0. The lowest BCUT2D eigenvalue weighted by Crippen LogP contribution is -2.35. The molecule has 0 aliphatic rings. The van der Waals surface area contributed by atoms with Crippen molar-refractivity contribution in [2.24, 2.45) is 0 Å². The lowest BCUT2D eigenvalue weighted by atomic mass is 10.1. The predicted octanol–water partition coefficient (Wildman–Crippen LogP) is 3.02. The van der Waals surface area contributed by atoms with E-state index in [0.29, 0.717) is 13.3 Å². The fraction of sp³-hybridized carbons (Fsp3) is 0.312. The SMILES string of the molecule is CCc1c[n+](COCc2ccccc2)ccc1C. The molecule has 1 aromatic heterocycles. The lowest BCUT2D eigenvalue weighted by molar-refractivity contribution is -0.734. The monoisotopic (exact) mass is 242 g/mol. The molecule has 0 aliphatic carbocycles. The molecular weight excluding hydrogens is 222 g/mol. The molecule has 2 aromatic rings. The Kier molecular flexibility index (Phi) is 4.48. The Morgan fingerprint density at radius 2 is 1.89 bits per heavy atom. The van der Waals surface area contributed by atoms with E-state index in [9.17, 15) is 0 Å². The van der Waals surface area contributed by atoms with Crippen LogP contribution in [0.1, 0.15) is 23.6 Å². The molecule has 0 aliphatic heterocycles. The number of hydrogen-bond acceptors (Lipinski definition) is 1. The number of benzene rings is 1. The molecule has 94 valence electrons. The van der Waals surface area contributed by atoms with Crippen LogP contribution < -0.4 is 4.57 Å². The van der Waals surface area contributed by atoms with Crippen LogP contribution in [0.3, 0.4) is 0 Å². The van der Waals surface area contributed by atoms with Gasteiger partial charge in [0.05, 0.1) is 6.61 Å². The van der Waals surface area contributed by atoms with E-state index >= 15 is 0 Å². The molecular formula is C16H20NO+. The maximum atomic E-state index is 5.71. The van der Waals surface area contributed by atoms with E-state index < -0.39 is 0 Å². The Balaban J connectivity index is 1.91. The molecule has 0 N–H and O–H groups in total. The van der Waals surface area contributed by atoms with Gasteiger partial charge < -0.3 is 4.74 Å². The third kappa shape index (κ3) is 3.41. The van der Waals surface area contributed by atoms with Crippen LogP contribution in [0.25, 0.3) is 0 Å². The molecule has 0 amide bonds. The van der Waals surface area contributed by atoms with Crippen molar-refractivity contribution in [1.29, 1.82) is 0 Å². The highest BCUT2D eigenvalue weighted by Gasteiger charge is 2.04. The second-order valence-corrected chi connectivity index (χ2v) is 4.48. The number of hydrogen-bond donors (Lipinski definition) is 0. The third-order valence-electron chi connectivity index (χ3n) is 3.08. The Morgan fingerprint density at radius 3 is 2.61 bits per heavy atom. The van der Waals surface area contributed by atoms with Gasteiger partial charge in [-0.2, -0.15) is 4.57 Å². The van der Waals surface area contributed by atoms with Gasteiger partial charge >= 0.3 is 0 Å². The molecule has 0 saturated carbocycles. The normalized spacial score (nSPS) is 10.6. The van der Waals surface area contributed by atoms with Gasteiger partial charge in [0, 0.05) is 11.6 Å². The van der Waals surface area contributed by atoms with Gasteiger partial charge in [-0.05, 0) is 24.5 Å². The van der Waals surface area contributed by atoms with Gasteiger partial charge in [0.2, 0.25) is 0 Å². The van der Waals surface area contributed by atoms with Gasteiger partial charge in [-0.25, -0.2) is 0 Å². The molecule has 0 spiro atoms. The van der Waals surface area contributed by atoms with Gasteiger partial charge in [-0.15, -0.1) is 0 Å². The van der Waals surface area contributed by atoms with Crippen molar-refractivity contribution in [2.75, 3.05) is 0 Å². The molecule has 1 heterocycles. The average molecular weight is 242 g/mol. The van der Waals surface area contributed by atoms with Crippen molar-refractivity contribution in [1.82, 2.24) is 0 Å². The van der Waals surface area contributed by atoms with Crippen LogP contribution >= 0.6 is 0 Å². The first kappa shape index (κ1) is 12.8. The van der Waals surface area contributed by atoms with E-state index in [4.69, 9.17) is 4.74 Å². The second-order valence-electron chi connectivity index (χ2n) is 4.48. The highest BCUT2D eigenvalue weighted by molar-refractivity contribution is 5.18. The lowest BCUT2D eigenvalue weighted by Gasteiger charge is -2.04. The van der Waals surface area contributed by atoms with Crippen molar-refractivity contribution in [3.8, 4) is 0 Å². The summed E-state index contributed by atoms with van der Waals surface area (Å²) in [5, 5.41) is 0. The number of rotatable bonds is 5. The predicted molar refractivity (Wildman–Crippen MR) is 72.0 cm³/mol. The van der Waals surface area contributed by atoms with Crippen molar-refractivity contribution in [2.45, 2.75) is 33.6 Å². The molecule has 1 aromatic carbocycles. The standard InChI is InChI=1S/C16H20NO/c1-3-16-11-17(10-9-14(16)2)13-18-12-15-7-5-4-6-8-15/h4-11H,3,12-13H2,1-2H3/q+1. The Hall–Kier alpha value is -1.67. The van der Waals surface area contributed by atoms with Gasteiger partial charge in [0.25, 0.3) is 6.73 Å². The second kappa shape index (κ2) is 6.31. The summed E-state index contributed by atoms with van der Waals surface area (Å²) in [7, 11) is 0. The maximum Gasteiger partial charge on any atom is 0.252 e. The fourth-order valence-corrected chi connectivity index (χ4v) is 1.95. The molecule has 2 heteroatoms. The van der Waals surface area contributed by atoms with E-state index in [2.05, 4.69) is 49.0 Å². The molecule has 0 saturated heterocycles. The molecule has 0 bridgehead atoms. The Morgan fingerprint density at radius 1 is 1.11 bits per heavy atom. The summed E-state index contributed by atoms with van der Waals surface area (Å²) in [6.07, 6.45) is 5.30. The van der Waals surface area contributed by atoms with E-state index in [1.165, 1.54) is 16.7 Å². The van der Waals surface area contributed by atoms with Crippen LogP contribution in [0.4, 0.5) is 0 Å². The summed E-state index contributed by atoms with van der Waals surface area (Å²) < 4.78 is 7.80. The first-order valence-corrected chi connectivity index (χ1v) is 6.40. The zero-order chi connectivity index (χ0) is 12.8. The minimum Gasteiger partial charge on any atom is -0.318 e. The number of aromatic nitrogens is 1. The third-order valence-corrected chi connectivity index (χ3v) is 3.08. The van der Waals surface area contributed by atoms with Crippen molar-refractivity contribution >= 4 is 0 Å². The van der Waals surface area contributed by atoms with Crippen molar-refractivity contribution in [3.05, 3.63) is 65.5 Å². The Bertz CT molecular complexity index is 494. The maximum absolute atomic E-state index is 5.71. The van der Waals surface area contributed by atoms with Crippen LogP contribution in [0.15, 0.2) is 48.8 Å². The average Bonchev–Trinajstić information content (AvgIpc) is 2.42. The molecule has 0 fully saturated rings. The molecule has 2 rings (SSSR count). The van der Waals surface area contributed by atoms with Crippen molar-refractivity contribution in [3.63, 3.8) is 0 Å². The smallest absolute Gasteiger partial charge is 0.252 e. The highest BCUT2D eigenvalue weighted by Crippen LogP contribution is 2.04.